The van der Waals surface area contributed by atoms with E-state index in [4.69, 9.17) is 4.43 Å². The van der Waals surface area contributed by atoms with E-state index in [-0.39, 0.29) is 11.1 Å². The molecule has 0 heterocycles. The van der Waals surface area contributed by atoms with Crippen LogP contribution in [0.4, 0.5) is 0 Å². The Morgan fingerprint density at radius 3 is 1.97 bits per heavy atom. The summed E-state index contributed by atoms with van der Waals surface area (Å²) in [7, 11) is -2.48. The van der Waals surface area contributed by atoms with Gasteiger partial charge in [-0.1, -0.05) is 119 Å². The number of rotatable bonds is 12. The minimum Gasteiger partial charge on any atom is -0.404 e. The van der Waals surface area contributed by atoms with Crippen LogP contribution in [0.1, 0.15) is 73.6 Å². The normalized spacial score (nSPS) is 14.4. The van der Waals surface area contributed by atoms with Crippen LogP contribution in [0.5, 0.6) is 0 Å². The molecule has 0 amide bonds. The molecule has 2 nitrogen and oxygen atoms in total. The van der Waals surface area contributed by atoms with Crippen molar-refractivity contribution >= 4 is 18.7 Å². The summed E-state index contributed by atoms with van der Waals surface area (Å²) in [5, 5.41) is 12.9. The minimum atomic E-state index is -2.48. The number of benzene rings is 2. The highest BCUT2D eigenvalue weighted by Crippen LogP contribution is 2.36. The Hall–Kier alpha value is -1.94. The topological polar surface area (TPSA) is 29.5 Å². The van der Waals surface area contributed by atoms with Crippen molar-refractivity contribution in [1.29, 1.82) is 0 Å². The molecule has 0 aliphatic heterocycles. The van der Waals surface area contributed by atoms with Crippen LogP contribution in [0.3, 0.4) is 0 Å². The van der Waals surface area contributed by atoms with Crippen molar-refractivity contribution in [3.63, 3.8) is 0 Å². The van der Waals surface area contributed by atoms with Crippen molar-refractivity contribution in [3.05, 3.63) is 84.0 Å². The maximum atomic E-state index is 10.2. The second-order valence-corrected chi connectivity index (χ2v) is 14.5. The highest BCUT2D eigenvalue weighted by Gasteiger charge is 2.49. The van der Waals surface area contributed by atoms with Crippen LogP contribution in [0.2, 0.25) is 5.04 Å². The molecule has 0 radical (unpaired) electrons. The molecule has 33 heavy (non-hydrogen) atoms. The summed E-state index contributed by atoms with van der Waals surface area (Å²) in [5.41, 5.74) is 2.43. The van der Waals surface area contributed by atoms with E-state index in [2.05, 4.69) is 107 Å². The average molecular weight is 465 g/mol. The SMILES string of the molecule is CCCCC(O)/C(C)=C/CC/C(C)=C/CO[Si](c1ccccc1)(c1ccccc1)C(C)(C)C. The Morgan fingerprint density at radius 1 is 0.939 bits per heavy atom. The average Bonchev–Trinajstić information content (AvgIpc) is 2.80. The summed E-state index contributed by atoms with van der Waals surface area (Å²) in [6.07, 6.45) is 9.14. The van der Waals surface area contributed by atoms with Gasteiger partial charge in [-0.25, -0.2) is 0 Å². The highest BCUT2D eigenvalue weighted by atomic mass is 28.4. The largest absolute Gasteiger partial charge is 0.404 e. The van der Waals surface area contributed by atoms with Crippen molar-refractivity contribution in [3.8, 4) is 0 Å². The van der Waals surface area contributed by atoms with Crippen LogP contribution < -0.4 is 10.4 Å². The zero-order valence-corrected chi connectivity index (χ0v) is 22.6. The fraction of sp³-hybridized carbons (Fsp3) is 0.467. The molecule has 0 fully saturated rings. The molecule has 0 bridgehead atoms. The smallest absolute Gasteiger partial charge is 0.261 e. The number of hydrogen-bond acceptors (Lipinski definition) is 2. The lowest BCUT2D eigenvalue weighted by Gasteiger charge is -2.42. The second-order valence-electron chi connectivity index (χ2n) is 10.2. The molecule has 2 aromatic rings. The van der Waals surface area contributed by atoms with Crippen molar-refractivity contribution in [2.75, 3.05) is 6.61 Å². The van der Waals surface area contributed by atoms with E-state index in [1.54, 1.807) is 0 Å². The Morgan fingerprint density at radius 2 is 1.48 bits per heavy atom. The first-order valence-electron chi connectivity index (χ1n) is 12.5. The maximum Gasteiger partial charge on any atom is 0.261 e. The van der Waals surface area contributed by atoms with E-state index in [1.165, 1.54) is 15.9 Å². The van der Waals surface area contributed by atoms with E-state index < -0.39 is 8.32 Å². The Balaban J connectivity index is 2.16. The summed E-state index contributed by atoms with van der Waals surface area (Å²) < 4.78 is 6.95. The highest BCUT2D eigenvalue weighted by molar-refractivity contribution is 6.99. The third kappa shape index (κ3) is 7.53. The number of allylic oxidation sites excluding steroid dienone is 2. The van der Waals surface area contributed by atoms with Crippen LogP contribution in [-0.2, 0) is 4.43 Å². The van der Waals surface area contributed by atoms with Crippen molar-refractivity contribution < 1.29 is 9.53 Å². The molecule has 0 aliphatic rings. The van der Waals surface area contributed by atoms with Gasteiger partial charge in [0.05, 0.1) is 12.7 Å². The summed E-state index contributed by atoms with van der Waals surface area (Å²) in [4.78, 5) is 0. The lowest BCUT2D eigenvalue weighted by atomic mass is 10.0. The lowest BCUT2D eigenvalue weighted by molar-refractivity contribution is 0.196. The summed E-state index contributed by atoms with van der Waals surface area (Å²) in [6, 6.07) is 21.6. The maximum absolute atomic E-state index is 10.2. The number of unbranched alkanes of at least 4 members (excludes halogenated alkanes) is 1. The van der Waals surface area contributed by atoms with Crippen LogP contribution in [0, 0.1) is 0 Å². The molecule has 3 heteroatoms. The van der Waals surface area contributed by atoms with Gasteiger partial charge in [-0.05, 0) is 54.1 Å². The van der Waals surface area contributed by atoms with Gasteiger partial charge in [-0.2, -0.15) is 0 Å². The minimum absolute atomic E-state index is 0.00801. The molecule has 1 atom stereocenters. The quantitative estimate of drug-likeness (QED) is 0.277. The van der Waals surface area contributed by atoms with E-state index >= 15 is 0 Å². The lowest BCUT2D eigenvalue weighted by Crippen LogP contribution is -2.66. The molecule has 0 aromatic heterocycles. The molecule has 180 valence electrons. The van der Waals surface area contributed by atoms with Crippen LogP contribution in [0.25, 0.3) is 0 Å². The molecule has 0 spiro atoms. The molecular weight excluding hydrogens is 420 g/mol. The first-order chi connectivity index (χ1) is 15.7. The first kappa shape index (κ1) is 27.3. The van der Waals surface area contributed by atoms with Crippen molar-refractivity contribution in [2.24, 2.45) is 0 Å². The fourth-order valence-corrected chi connectivity index (χ4v) is 8.95. The summed E-state index contributed by atoms with van der Waals surface area (Å²) >= 11 is 0. The zero-order chi connectivity index (χ0) is 24.3. The zero-order valence-electron chi connectivity index (χ0n) is 21.6. The van der Waals surface area contributed by atoms with Gasteiger partial charge in [0, 0.05) is 0 Å². The molecule has 2 aromatic carbocycles. The van der Waals surface area contributed by atoms with Gasteiger partial charge < -0.3 is 9.53 Å². The third-order valence-electron chi connectivity index (χ3n) is 6.51. The van der Waals surface area contributed by atoms with Crippen LogP contribution in [0.15, 0.2) is 84.0 Å². The molecule has 0 saturated carbocycles. The predicted molar refractivity (Wildman–Crippen MR) is 146 cm³/mol. The molecular formula is C30H44O2Si. The van der Waals surface area contributed by atoms with E-state index in [1.807, 2.05) is 6.92 Å². The number of hydrogen-bond donors (Lipinski definition) is 1. The van der Waals surface area contributed by atoms with Gasteiger partial charge in [-0.15, -0.1) is 0 Å². The van der Waals surface area contributed by atoms with E-state index in [9.17, 15) is 5.11 Å². The Labute approximate surface area is 203 Å². The molecule has 0 aliphatic carbocycles. The molecule has 2 rings (SSSR count). The first-order valence-corrected chi connectivity index (χ1v) is 14.4. The fourth-order valence-electron chi connectivity index (χ4n) is 4.46. The third-order valence-corrected chi connectivity index (χ3v) is 11.5. The van der Waals surface area contributed by atoms with Gasteiger partial charge in [0.1, 0.15) is 0 Å². The molecule has 0 saturated heterocycles. The van der Waals surface area contributed by atoms with Gasteiger partial charge in [0.25, 0.3) is 8.32 Å². The van der Waals surface area contributed by atoms with Gasteiger partial charge in [0.2, 0.25) is 0 Å². The summed E-state index contributed by atoms with van der Waals surface area (Å²) in [5.74, 6) is 0. The molecule has 1 unspecified atom stereocenters. The van der Waals surface area contributed by atoms with E-state index in [0.29, 0.717) is 6.61 Å². The van der Waals surface area contributed by atoms with Crippen LogP contribution >= 0.6 is 0 Å². The van der Waals surface area contributed by atoms with Gasteiger partial charge >= 0.3 is 0 Å². The Bertz CT molecular complexity index is 839. The standard InChI is InChI=1S/C30H44O2Si/c1-7-8-22-29(31)26(3)17-15-16-25(2)23-24-32-33(30(4,5)6,27-18-11-9-12-19-27)28-20-13-10-14-21-28/h9-14,17-21,23,29,31H,7-8,15-16,22,24H2,1-6H3/b25-23+,26-17+. The predicted octanol–water partition coefficient (Wildman–Crippen LogP) is 6.79. The van der Waals surface area contributed by atoms with Crippen LogP contribution in [-0.4, -0.2) is 26.1 Å². The van der Waals surface area contributed by atoms with Gasteiger partial charge in [-0.3, -0.25) is 0 Å². The summed E-state index contributed by atoms with van der Waals surface area (Å²) in [6.45, 7) is 13.9. The monoisotopic (exact) mass is 464 g/mol. The number of aliphatic hydroxyl groups excluding tert-OH is 1. The van der Waals surface area contributed by atoms with Gasteiger partial charge in [0.15, 0.2) is 0 Å². The molecule has 1 N–H and O–H groups in total. The van der Waals surface area contributed by atoms with E-state index in [0.717, 1.165) is 37.7 Å². The number of aliphatic hydroxyl groups is 1. The Kier molecular flexibility index (Phi) is 10.8. The van der Waals surface area contributed by atoms with Crippen molar-refractivity contribution in [2.45, 2.75) is 84.8 Å². The van der Waals surface area contributed by atoms with Crippen molar-refractivity contribution in [1.82, 2.24) is 0 Å². The second kappa shape index (κ2) is 13.1.